The van der Waals surface area contributed by atoms with Crippen molar-refractivity contribution in [1.29, 1.82) is 0 Å². The molecule has 2 nitrogen and oxygen atoms in total. The minimum absolute atomic E-state index is 0.385. The molecule has 1 N–H and O–H groups in total. The third-order valence-electron chi connectivity index (χ3n) is 3.45. The highest BCUT2D eigenvalue weighted by Crippen LogP contribution is 2.32. The van der Waals surface area contributed by atoms with E-state index < -0.39 is 0 Å². The molecule has 2 atom stereocenters. The molecule has 1 aromatic rings. The first-order chi connectivity index (χ1) is 9.12. The molecule has 19 heavy (non-hydrogen) atoms. The maximum atomic E-state index is 5.34. The van der Waals surface area contributed by atoms with Gasteiger partial charge in [-0.3, -0.25) is 0 Å². The molecule has 0 aliphatic carbocycles. The molecule has 0 aliphatic rings. The summed E-state index contributed by atoms with van der Waals surface area (Å²) in [4.78, 5) is 0. The first-order valence-corrected chi connectivity index (χ1v) is 7.98. The van der Waals surface area contributed by atoms with Gasteiger partial charge in [-0.05, 0) is 42.6 Å². The van der Waals surface area contributed by atoms with E-state index in [4.69, 9.17) is 4.74 Å². The SMILES string of the molecule is CCCC(C)CC(NCC)c1cc(OC)ccc1Br. The Morgan fingerprint density at radius 2 is 2.05 bits per heavy atom. The lowest BCUT2D eigenvalue weighted by Crippen LogP contribution is -2.23. The lowest BCUT2D eigenvalue weighted by Gasteiger charge is -2.23. The van der Waals surface area contributed by atoms with Gasteiger partial charge >= 0.3 is 0 Å². The van der Waals surface area contributed by atoms with Crippen molar-refractivity contribution in [2.75, 3.05) is 13.7 Å². The van der Waals surface area contributed by atoms with Crippen molar-refractivity contribution in [3.8, 4) is 5.75 Å². The molecular weight excluding hydrogens is 302 g/mol. The van der Waals surface area contributed by atoms with E-state index in [1.54, 1.807) is 7.11 Å². The lowest BCUT2D eigenvalue weighted by atomic mass is 9.93. The van der Waals surface area contributed by atoms with Crippen LogP contribution in [0.5, 0.6) is 5.75 Å². The Labute approximate surface area is 126 Å². The van der Waals surface area contributed by atoms with Crippen LogP contribution in [-0.2, 0) is 0 Å². The molecule has 3 heteroatoms. The fourth-order valence-corrected chi connectivity index (χ4v) is 3.02. The Balaban J connectivity index is 2.90. The van der Waals surface area contributed by atoms with Gasteiger partial charge in [0, 0.05) is 10.5 Å². The van der Waals surface area contributed by atoms with E-state index in [1.807, 2.05) is 6.07 Å². The highest BCUT2D eigenvalue weighted by Gasteiger charge is 2.17. The standard InChI is InChI=1S/C16H26BrNO/c1-5-7-12(3)10-16(18-6-2)14-11-13(19-4)8-9-15(14)17/h8-9,11-12,16,18H,5-7,10H2,1-4H3. The summed E-state index contributed by atoms with van der Waals surface area (Å²) in [6.45, 7) is 7.72. The van der Waals surface area contributed by atoms with Gasteiger partial charge in [-0.2, -0.15) is 0 Å². The largest absolute Gasteiger partial charge is 0.497 e. The lowest BCUT2D eigenvalue weighted by molar-refractivity contribution is 0.389. The topological polar surface area (TPSA) is 21.3 Å². The van der Waals surface area contributed by atoms with Crippen molar-refractivity contribution in [2.45, 2.75) is 46.1 Å². The summed E-state index contributed by atoms with van der Waals surface area (Å²) in [6.07, 6.45) is 3.69. The predicted octanol–water partition coefficient (Wildman–Crippen LogP) is 4.93. The molecule has 0 bridgehead atoms. The van der Waals surface area contributed by atoms with Gasteiger partial charge in [-0.15, -0.1) is 0 Å². The van der Waals surface area contributed by atoms with E-state index in [2.05, 4.69) is 54.2 Å². The summed E-state index contributed by atoms with van der Waals surface area (Å²) in [6, 6.07) is 6.58. The van der Waals surface area contributed by atoms with Crippen LogP contribution in [0, 0.1) is 5.92 Å². The molecule has 0 heterocycles. The van der Waals surface area contributed by atoms with Crippen molar-refractivity contribution < 1.29 is 4.74 Å². The predicted molar refractivity (Wildman–Crippen MR) is 85.8 cm³/mol. The van der Waals surface area contributed by atoms with Crippen LogP contribution in [-0.4, -0.2) is 13.7 Å². The average molecular weight is 328 g/mol. The van der Waals surface area contributed by atoms with Gasteiger partial charge < -0.3 is 10.1 Å². The van der Waals surface area contributed by atoms with Gasteiger partial charge in [-0.25, -0.2) is 0 Å². The first kappa shape index (κ1) is 16.5. The van der Waals surface area contributed by atoms with E-state index in [0.29, 0.717) is 6.04 Å². The van der Waals surface area contributed by atoms with Crippen molar-refractivity contribution >= 4 is 15.9 Å². The summed E-state index contributed by atoms with van der Waals surface area (Å²) < 4.78 is 6.50. The molecule has 0 saturated carbocycles. The Bertz CT molecular complexity index is 381. The van der Waals surface area contributed by atoms with E-state index in [9.17, 15) is 0 Å². The molecule has 0 aliphatic heterocycles. The van der Waals surface area contributed by atoms with Crippen LogP contribution in [0.4, 0.5) is 0 Å². The number of benzene rings is 1. The van der Waals surface area contributed by atoms with E-state index in [-0.39, 0.29) is 0 Å². The molecule has 0 fully saturated rings. The van der Waals surface area contributed by atoms with Crippen LogP contribution in [0.15, 0.2) is 22.7 Å². The Kier molecular flexibility index (Phi) is 7.47. The molecule has 0 saturated heterocycles. The van der Waals surface area contributed by atoms with Crippen molar-refractivity contribution in [1.82, 2.24) is 5.32 Å². The third kappa shape index (κ3) is 5.15. The van der Waals surface area contributed by atoms with Gasteiger partial charge in [0.25, 0.3) is 0 Å². The van der Waals surface area contributed by atoms with E-state index >= 15 is 0 Å². The number of nitrogens with one attached hydrogen (secondary N) is 1. The molecule has 108 valence electrons. The number of rotatable bonds is 8. The average Bonchev–Trinajstić information content (AvgIpc) is 2.39. The number of halogens is 1. The smallest absolute Gasteiger partial charge is 0.119 e. The second kappa shape index (κ2) is 8.60. The third-order valence-corrected chi connectivity index (χ3v) is 4.17. The van der Waals surface area contributed by atoms with Crippen LogP contribution < -0.4 is 10.1 Å². The molecule has 2 unspecified atom stereocenters. The molecule has 0 aromatic heterocycles. The fraction of sp³-hybridized carbons (Fsp3) is 0.625. The molecule has 0 radical (unpaired) electrons. The minimum atomic E-state index is 0.385. The highest BCUT2D eigenvalue weighted by atomic mass is 79.9. The van der Waals surface area contributed by atoms with Crippen LogP contribution >= 0.6 is 15.9 Å². The molecular formula is C16H26BrNO. The zero-order valence-electron chi connectivity index (χ0n) is 12.5. The van der Waals surface area contributed by atoms with Gasteiger partial charge in [0.05, 0.1) is 7.11 Å². The quantitative estimate of drug-likeness (QED) is 0.730. The highest BCUT2D eigenvalue weighted by molar-refractivity contribution is 9.10. The van der Waals surface area contributed by atoms with E-state index in [1.165, 1.54) is 18.4 Å². The summed E-state index contributed by atoms with van der Waals surface area (Å²) in [5, 5.41) is 3.59. The van der Waals surface area contributed by atoms with Crippen LogP contribution in [0.25, 0.3) is 0 Å². The molecule has 1 rings (SSSR count). The zero-order valence-corrected chi connectivity index (χ0v) is 14.1. The summed E-state index contributed by atoms with van der Waals surface area (Å²) in [5.41, 5.74) is 1.30. The normalized spacial score (nSPS) is 14.2. The van der Waals surface area contributed by atoms with Gasteiger partial charge in [-0.1, -0.05) is 49.5 Å². The van der Waals surface area contributed by atoms with Crippen LogP contribution in [0.3, 0.4) is 0 Å². The maximum absolute atomic E-state index is 5.34. The number of methoxy groups -OCH3 is 1. The fourth-order valence-electron chi connectivity index (χ4n) is 2.50. The minimum Gasteiger partial charge on any atom is -0.497 e. The first-order valence-electron chi connectivity index (χ1n) is 7.19. The maximum Gasteiger partial charge on any atom is 0.119 e. The summed E-state index contributed by atoms with van der Waals surface area (Å²) >= 11 is 3.66. The summed E-state index contributed by atoms with van der Waals surface area (Å²) in [5.74, 6) is 1.65. The summed E-state index contributed by atoms with van der Waals surface area (Å²) in [7, 11) is 1.72. The molecule has 0 amide bonds. The van der Waals surface area contributed by atoms with Crippen molar-refractivity contribution in [3.05, 3.63) is 28.2 Å². The van der Waals surface area contributed by atoms with Crippen molar-refractivity contribution in [3.63, 3.8) is 0 Å². The van der Waals surface area contributed by atoms with Gasteiger partial charge in [0.1, 0.15) is 5.75 Å². The number of hydrogen-bond acceptors (Lipinski definition) is 2. The Morgan fingerprint density at radius 1 is 1.32 bits per heavy atom. The van der Waals surface area contributed by atoms with Crippen LogP contribution in [0.2, 0.25) is 0 Å². The monoisotopic (exact) mass is 327 g/mol. The second-order valence-electron chi connectivity index (χ2n) is 5.13. The Morgan fingerprint density at radius 3 is 2.63 bits per heavy atom. The molecule has 0 spiro atoms. The zero-order chi connectivity index (χ0) is 14.3. The number of ether oxygens (including phenoxy) is 1. The van der Waals surface area contributed by atoms with Crippen molar-refractivity contribution in [2.24, 2.45) is 5.92 Å². The van der Waals surface area contributed by atoms with Gasteiger partial charge in [0.15, 0.2) is 0 Å². The Hall–Kier alpha value is -0.540. The van der Waals surface area contributed by atoms with E-state index in [0.717, 1.165) is 29.1 Å². The second-order valence-corrected chi connectivity index (χ2v) is 5.98. The molecule has 1 aromatic carbocycles. The van der Waals surface area contributed by atoms with Crippen LogP contribution in [0.1, 0.15) is 51.6 Å². The number of hydrogen-bond donors (Lipinski definition) is 1. The van der Waals surface area contributed by atoms with Gasteiger partial charge in [0.2, 0.25) is 0 Å².